The lowest BCUT2D eigenvalue weighted by molar-refractivity contribution is 0.0467. The first-order valence-corrected chi connectivity index (χ1v) is 7.65. The van der Waals surface area contributed by atoms with Crippen LogP contribution in [0.25, 0.3) is 0 Å². The third-order valence-electron chi connectivity index (χ3n) is 4.51. The molecule has 1 aliphatic carbocycles. The molecule has 0 aromatic carbocycles. The third kappa shape index (κ3) is 2.70. The summed E-state index contributed by atoms with van der Waals surface area (Å²) in [5, 5.41) is 15.4. The van der Waals surface area contributed by atoms with Gasteiger partial charge in [-0.2, -0.15) is 5.10 Å². The van der Waals surface area contributed by atoms with Crippen molar-refractivity contribution in [3.05, 3.63) is 17.5 Å². The zero-order chi connectivity index (χ0) is 13.5. The molecular weight excluding hydrogens is 238 g/mol. The summed E-state index contributed by atoms with van der Waals surface area (Å²) in [4.78, 5) is 2.47. The largest absolute Gasteiger partial charge is 0.388 e. The van der Waals surface area contributed by atoms with Crippen LogP contribution in [0.5, 0.6) is 0 Å². The Morgan fingerprint density at radius 2 is 2.21 bits per heavy atom. The van der Waals surface area contributed by atoms with Crippen molar-refractivity contribution in [2.45, 2.75) is 64.1 Å². The highest BCUT2D eigenvalue weighted by Gasteiger charge is 2.42. The van der Waals surface area contributed by atoms with Gasteiger partial charge in [0.15, 0.2) is 0 Å². The standard InChI is InChI=1S/C15H25N3O/c1-3-12-9-14(18(4-2)16-12)10-15(19)7-8-17(11-15)13-5-6-13/h9,13,19H,3-8,10-11H2,1-2H3. The van der Waals surface area contributed by atoms with Crippen LogP contribution in [0.4, 0.5) is 0 Å². The van der Waals surface area contributed by atoms with Crippen LogP contribution < -0.4 is 0 Å². The smallest absolute Gasteiger partial charge is 0.0841 e. The molecule has 0 radical (unpaired) electrons. The van der Waals surface area contributed by atoms with E-state index in [2.05, 4.69) is 34.6 Å². The van der Waals surface area contributed by atoms with Gasteiger partial charge in [-0.3, -0.25) is 9.58 Å². The average molecular weight is 263 g/mol. The minimum Gasteiger partial charge on any atom is -0.388 e. The number of aryl methyl sites for hydroxylation is 2. The highest BCUT2D eigenvalue weighted by atomic mass is 16.3. The number of likely N-dealkylation sites (tertiary alicyclic amines) is 1. The van der Waals surface area contributed by atoms with Crippen molar-refractivity contribution < 1.29 is 5.11 Å². The summed E-state index contributed by atoms with van der Waals surface area (Å²) in [6.45, 7) is 7.03. The Kier molecular flexibility index (Phi) is 3.39. The molecule has 2 heterocycles. The van der Waals surface area contributed by atoms with E-state index in [0.717, 1.165) is 50.6 Å². The van der Waals surface area contributed by atoms with E-state index in [-0.39, 0.29) is 0 Å². The van der Waals surface area contributed by atoms with E-state index in [0.29, 0.717) is 0 Å². The van der Waals surface area contributed by atoms with E-state index in [1.165, 1.54) is 18.5 Å². The van der Waals surface area contributed by atoms with Crippen LogP contribution >= 0.6 is 0 Å². The summed E-state index contributed by atoms with van der Waals surface area (Å²) in [5.41, 5.74) is 1.79. The third-order valence-corrected chi connectivity index (χ3v) is 4.51. The molecule has 3 rings (SSSR count). The monoisotopic (exact) mass is 263 g/mol. The molecule has 1 aromatic rings. The number of aromatic nitrogens is 2. The fourth-order valence-electron chi connectivity index (χ4n) is 3.22. The number of nitrogens with zero attached hydrogens (tertiary/aromatic N) is 3. The maximum atomic E-state index is 10.8. The van der Waals surface area contributed by atoms with Crippen LogP contribution in [0.3, 0.4) is 0 Å². The van der Waals surface area contributed by atoms with E-state index in [4.69, 9.17) is 0 Å². The van der Waals surface area contributed by atoms with Crippen LogP contribution in [0, 0.1) is 0 Å². The van der Waals surface area contributed by atoms with Gasteiger partial charge in [-0.1, -0.05) is 6.92 Å². The molecule has 4 nitrogen and oxygen atoms in total. The molecule has 0 spiro atoms. The van der Waals surface area contributed by atoms with Gasteiger partial charge in [0.2, 0.25) is 0 Å². The van der Waals surface area contributed by atoms with Crippen LogP contribution in [0.2, 0.25) is 0 Å². The number of aliphatic hydroxyl groups is 1. The van der Waals surface area contributed by atoms with Crippen molar-refractivity contribution in [1.29, 1.82) is 0 Å². The highest BCUT2D eigenvalue weighted by molar-refractivity contribution is 5.14. The number of rotatable bonds is 5. The number of hydrogen-bond donors (Lipinski definition) is 1. The second-order valence-corrected chi connectivity index (χ2v) is 6.15. The Morgan fingerprint density at radius 3 is 2.84 bits per heavy atom. The van der Waals surface area contributed by atoms with Gasteiger partial charge in [-0.25, -0.2) is 0 Å². The first-order valence-electron chi connectivity index (χ1n) is 7.65. The van der Waals surface area contributed by atoms with Crippen molar-refractivity contribution in [3.63, 3.8) is 0 Å². The quantitative estimate of drug-likeness (QED) is 0.877. The van der Waals surface area contributed by atoms with Gasteiger partial charge < -0.3 is 5.11 Å². The van der Waals surface area contributed by atoms with Gasteiger partial charge in [0.25, 0.3) is 0 Å². The van der Waals surface area contributed by atoms with Gasteiger partial charge in [0.05, 0.1) is 11.3 Å². The minimum absolute atomic E-state index is 0.541. The Balaban J connectivity index is 1.71. The van der Waals surface area contributed by atoms with E-state index < -0.39 is 5.60 Å². The molecule has 1 atom stereocenters. The van der Waals surface area contributed by atoms with Crippen LogP contribution in [-0.4, -0.2) is 44.5 Å². The Morgan fingerprint density at radius 1 is 1.42 bits per heavy atom. The molecule has 1 aromatic heterocycles. The summed E-state index contributed by atoms with van der Waals surface area (Å²) in [7, 11) is 0. The second kappa shape index (κ2) is 4.91. The lowest BCUT2D eigenvalue weighted by Crippen LogP contribution is -2.36. The molecule has 2 fully saturated rings. The van der Waals surface area contributed by atoms with E-state index >= 15 is 0 Å². The predicted molar refractivity (Wildman–Crippen MR) is 75.1 cm³/mol. The first kappa shape index (κ1) is 13.1. The molecule has 1 N–H and O–H groups in total. The normalized spacial score (nSPS) is 28.2. The van der Waals surface area contributed by atoms with E-state index in [1.54, 1.807) is 0 Å². The molecule has 1 unspecified atom stereocenters. The van der Waals surface area contributed by atoms with Crippen LogP contribution in [-0.2, 0) is 19.4 Å². The zero-order valence-corrected chi connectivity index (χ0v) is 12.1. The molecule has 1 saturated heterocycles. The summed E-state index contributed by atoms with van der Waals surface area (Å²) < 4.78 is 2.05. The fourth-order valence-corrected chi connectivity index (χ4v) is 3.22. The maximum absolute atomic E-state index is 10.8. The molecule has 1 aliphatic heterocycles. The molecule has 0 bridgehead atoms. The molecule has 0 amide bonds. The highest BCUT2D eigenvalue weighted by Crippen LogP contribution is 2.34. The second-order valence-electron chi connectivity index (χ2n) is 6.15. The van der Waals surface area contributed by atoms with Crippen LogP contribution in [0.15, 0.2) is 6.07 Å². The van der Waals surface area contributed by atoms with E-state index in [1.807, 2.05) is 0 Å². The summed E-state index contributed by atoms with van der Waals surface area (Å²) in [6.07, 6.45) is 5.26. The lowest BCUT2D eigenvalue weighted by Gasteiger charge is -2.23. The summed E-state index contributed by atoms with van der Waals surface area (Å²) >= 11 is 0. The molecule has 4 heteroatoms. The predicted octanol–water partition coefficient (Wildman–Crippen LogP) is 1.61. The van der Waals surface area contributed by atoms with Gasteiger partial charge in [0.1, 0.15) is 0 Å². The Hall–Kier alpha value is -0.870. The Labute approximate surface area is 115 Å². The van der Waals surface area contributed by atoms with Gasteiger partial charge in [0, 0.05) is 37.8 Å². The zero-order valence-electron chi connectivity index (χ0n) is 12.1. The molecule has 2 aliphatic rings. The van der Waals surface area contributed by atoms with Crippen molar-refractivity contribution >= 4 is 0 Å². The lowest BCUT2D eigenvalue weighted by atomic mass is 9.96. The number of β-amino-alcohol motifs (C(OH)–C–C–N with tert-alkyl or cyclic N) is 1. The fraction of sp³-hybridized carbons (Fsp3) is 0.800. The molecule has 19 heavy (non-hydrogen) atoms. The van der Waals surface area contributed by atoms with Gasteiger partial charge in [-0.05, 0) is 38.7 Å². The van der Waals surface area contributed by atoms with Gasteiger partial charge in [-0.15, -0.1) is 0 Å². The van der Waals surface area contributed by atoms with Crippen LogP contribution in [0.1, 0.15) is 44.5 Å². The maximum Gasteiger partial charge on any atom is 0.0841 e. The summed E-state index contributed by atoms with van der Waals surface area (Å²) in [6, 6.07) is 2.93. The van der Waals surface area contributed by atoms with Gasteiger partial charge >= 0.3 is 0 Å². The summed E-state index contributed by atoms with van der Waals surface area (Å²) in [5.74, 6) is 0. The molecular formula is C15H25N3O. The first-order chi connectivity index (χ1) is 9.13. The topological polar surface area (TPSA) is 41.3 Å². The minimum atomic E-state index is -0.541. The van der Waals surface area contributed by atoms with Crippen molar-refractivity contribution in [1.82, 2.24) is 14.7 Å². The molecule has 1 saturated carbocycles. The molecule has 106 valence electrons. The Bertz CT molecular complexity index is 452. The van der Waals surface area contributed by atoms with E-state index in [9.17, 15) is 5.11 Å². The average Bonchev–Trinajstić information content (AvgIpc) is 3.07. The SMILES string of the molecule is CCc1cc(CC2(O)CCN(C3CC3)C2)n(CC)n1. The number of hydrogen-bond acceptors (Lipinski definition) is 3. The van der Waals surface area contributed by atoms with Crippen molar-refractivity contribution in [3.8, 4) is 0 Å². The van der Waals surface area contributed by atoms with Crippen molar-refractivity contribution in [2.24, 2.45) is 0 Å². The van der Waals surface area contributed by atoms with Crippen molar-refractivity contribution in [2.75, 3.05) is 13.1 Å².